The maximum Gasteiger partial charge on any atom is 0.237 e. The van der Waals surface area contributed by atoms with Gasteiger partial charge in [0.1, 0.15) is 0 Å². The Labute approximate surface area is 108 Å². The van der Waals surface area contributed by atoms with E-state index in [1.165, 1.54) is 4.90 Å². The number of aliphatic hydroxyl groups is 1. The molecule has 3 N–H and O–H groups in total. The molecule has 0 radical (unpaired) electrons. The van der Waals surface area contributed by atoms with Crippen molar-refractivity contribution in [2.75, 3.05) is 13.1 Å². The number of carbonyl (C=O) groups is 2. The number of carbonyl (C=O) groups excluding carboxylic acids is 2. The van der Waals surface area contributed by atoms with Crippen molar-refractivity contribution in [1.29, 1.82) is 0 Å². The molecule has 0 atom stereocenters. The number of amides is 2. The molecule has 18 heavy (non-hydrogen) atoms. The fourth-order valence-electron chi connectivity index (χ4n) is 2.49. The summed E-state index contributed by atoms with van der Waals surface area (Å²) in [6.45, 7) is 4.39. The third kappa shape index (κ3) is 4.64. The lowest BCUT2D eigenvalue weighted by atomic mass is 9.97. The van der Waals surface area contributed by atoms with Crippen LogP contribution in [0.1, 0.15) is 46.0 Å². The number of hydrogen-bond donors (Lipinski definition) is 2. The Morgan fingerprint density at radius 1 is 1.33 bits per heavy atom. The summed E-state index contributed by atoms with van der Waals surface area (Å²) in [6.07, 6.45) is 3.37. The van der Waals surface area contributed by atoms with Gasteiger partial charge >= 0.3 is 0 Å². The van der Waals surface area contributed by atoms with E-state index in [2.05, 4.69) is 0 Å². The van der Waals surface area contributed by atoms with Gasteiger partial charge in [0, 0.05) is 6.54 Å². The number of nitrogens with zero attached hydrogens (tertiary/aromatic N) is 1. The molecule has 0 aromatic heterocycles. The van der Waals surface area contributed by atoms with Crippen molar-refractivity contribution in [3.05, 3.63) is 0 Å². The summed E-state index contributed by atoms with van der Waals surface area (Å²) in [5.41, 5.74) is 4.28. The molecule has 0 heterocycles. The first-order valence-electron chi connectivity index (χ1n) is 6.61. The number of nitrogens with two attached hydrogens (primary N) is 1. The van der Waals surface area contributed by atoms with Crippen LogP contribution in [0.25, 0.3) is 0 Å². The lowest BCUT2D eigenvalue weighted by molar-refractivity contribution is -0.140. The van der Waals surface area contributed by atoms with Crippen LogP contribution in [-0.4, -0.2) is 40.5 Å². The van der Waals surface area contributed by atoms with E-state index in [9.17, 15) is 14.7 Å². The first kappa shape index (κ1) is 15.0. The molecule has 0 aromatic carbocycles. The molecule has 1 rings (SSSR count). The number of primary amides is 1. The van der Waals surface area contributed by atoms with E-state index in [1.54, 1.807) is 0 Å². The average molecular weight is 256 g/mol. The number of hydrogen-bond acceptors (Lipinski definition) is 3. The van der Waals surface area contributed by atoms with E-state index in [0.717, 1.165) is 12.8 Å². The molecule has 1 aliphatic rings. The van der Waals surface area contributed by atoms with Gasteiger partial charge in [-0.2, -0.15) is 0 Å². The van der Waals surface area contributed by atoms with Crippen molar-refractivity contribution in [2.45, 2.75) is 51.6 Å². The summed E-state index contributed by atoms with van der Waals surface area (Å²) in [7, 11) is 0. The minimum Gasteiger partial charge on any atom is -0.389 e. The van der Waals surface area contributed by atoms with Crippen LogP contribution in [0.2, 0.25) is 0 Å². The second-order valence-electron chi connectivity index (χ2n) is 5.74. The van der Waals surface area contributed by atoms with Gasteiger partial charge in [-0.15, -0.1) is 0 Å². The van der Waals surface area contributed by atoms with E-state index in [0.29, 0.717) is 19.4 Å². The molecule has 0 unspecified atom stereocenters. The zero-order valence-electron chi connectivity index (χ0n) is 11.3. The van der Waals surface area contributed by atoms with E-state index >= 15 is 0 Å². The van der Waals surface area contributed by atoms with Crippen molar-refractivity contribution < 1.29 is 14.7 Å². The Kier molecular flexibility index (Phi) is 5.14. The van der Waals surface area contributed by atoms with Crippen molar-refractivity contribution in [1.82, 2.24) is 4.90 Å². The maximum absolute atomic E-state index is 12.1. The quantitative estimate of drug-likeness (QED) is 0.732. The zero-order valence-corrected chi connectivity index (χ0v) is 11.3. The highest BCUT2D eigenvalue weighted by molar-refractivity contribution is 5.84. The molecule has 0 bridgehead atoms. The third-order valence-electron chi connectivity index (χ3n) is 3.30. The normalized spacial score (nSPS) is 18.0. The van der Waals surface area contributed by atoms with Crippen LogP contribution in [0.4, 0.5) is 0 Å². The molecule has 0 aliphatic heterocycles. The van der Waals surface area contributed by atoms with Crippen LogP contribution in [-0.2, 0) is 9.59 Å². The van der Waals surface area contributed by atoms with Crippen molar-refractivity contribution in [3.63, 3.8) is 0 Å². The van der Waals surface area contributed by atoms with E-state index in [4.69, 9.17) is 5.73 Å². The van der Waals surface area contributed by atoms with Crippen LogP contribution < -0.4 is 5.73 Å². The summed E-state index contributed by atoms with van der Waals surface area (Å²) in [5, 5.41) is 10.2. The summed E-state index contributed by atoms with van der Waals surface area (Å²) in [6, 6.07) is 0. The van der Waals surface area contributed by atoms with E-state index in [-0.39, 0.29) is 24.8 Å². The van der Waals surface area contributed by atoms with Gasteiger partial charge in [0.15, 0.2) is 0 Å². The largest absolute Gasteiger partial charge is 0.389 e. The van der Waals surface area contributed by atoms with Crippen LogP contribution in [0, 0.1) is 5.92 Å². The van der Waals surface area contributed by atoms with E-state index < -0.39 is 11.5 Å². The molecule has 1 saturated carbocycles. The van der Waals surface area contributed by atoms with Gasteiger partial charge in [0.05, 0.1) is 18.6 Å². The highest BCUT2D eigenvalue weighted by atomic mass is 16.3. The molecule has 1 aliphatic carbocycles. The molecular weight excluding hydrogens is 232 g/mol. The van der Waals surface area contributed by atoms with E-state index in [1.807, 2.05) is 13.8 Å². The van der Waals surface area contributed by atoms with Gasteiger partial charge in [-0.3, -0.25) is 9.59 Å². The minimum atomic E-state index is -0.871. The van der Waals surface area contributed by atoms with Gasteiger partial charge in [0.25, 0.3) is 0 Å². The van der Waals surface area contributed by atoms with Gasteiger partial charge in [-0.1, -0.05) is 26.7 Å². The van der Waals surface area contributed by atoms with Gasteiger partial charge in [-0.05, 0) is 18.8 Å². The molecule has 1 fully saturated rings. The lowest BCUT2D eigenvalue weighted by Crippen LogP contribution is -2.43. The summed E-state index contributed by atoms with van der Waals surface area (Å²) >= 11 is 0. The van der Waals surface area contributed by atoms with Gasteiger partial charge in [-0.25, -0.2) is 0 Å². The highest BCUT2D eigenvalue weighted by Gasteiger charge is 2.35. The SMILES string of the molecule is CC(C)CN(CC(N)=O)C(=O)CC1(O)CCCC1. The van der Waals surface area contributed by atoms with Crippen LogP contribution in [0.3, 0.4) is 0 Å². The molecule has 2 amide bonds. The molecule has 0 spiro atoms. The van der Waals surface area contributed by atoms with Gasteiger partial charge < -0.3 is 15.7 Å². The first-order valence-corrected chi connectivity index (χ1v) is 6.61. The monoisotopic (exact) mass is 256 g/mol. The summed E-state index contributed by atoms with van der Waals surface area (Å²) in [5.74, 6) is -0.416. The Hall–Kier alpha value is -1.10. The Morgan fingerprint density at radius 3 is 2.33 bits per heavy atom. The van der Waals surface area contributed by atoms with Crippen LogP contribution in [0.15, 0.2) is 0 Å². The molecule has 5 heteroatoms. The molecule has 0 saturated heterocycles. The van der Waals surface area contributed by atoms with Crippen LogP contribution >= 0.6 is 0 Å². The maximum atomic E-state index is 12.1. The molecular formula is C13H24N2O3. The Morgan fingerprint density at radius 2 is 1.89 bits per heavy atom. The zero-order chi connectivity index (χ0) is 13.8. The molecule has 104 valence electrons. The number of rotatable bonds is 6. The van der Waals surface area contributed by atoms with Crippen molar-refractivity contribution >= 4 is 11.8 Å². The first-order chi connectivity index (χ1) is 8.32. The smallest absolute Gasteiger partial charge is 0.237 e. The predicted octanol–water partition coefficient (Wildman–Crippen LogP) is 0.651. The standard InChI is InChI=1S/C13H24N2O3/c1-10(2)8-15(9-11(14)16)12(17)7-13(18)5-3-4-6-13/h10,18H,3-9H2,1-2H3,(H2,14,16). The third-order valence-corrected chi connectivity index (χ3v) is 3.30. The highest BCUT2D eigenvalue weighted by Crippen LogP contribution is 2.32. The predicted molar refractivity (Wildman–Crippen MR) is 68.6 cm³/mol. The molecule has 0 aromatic rings. The van der Waals surface area contributed by atoms with Crippen molar-refractivity contribution in [3.8, 4) is 0 Å². The summed E-state index contributed by atoms with van der Waals surface area (Å²) < 4.78 is 0. The van der Waals surface area contributed by atoms with Crippen molar-refractivity contribution in [2.24, 2.45) is 11.7 Å². The fourth-order valence-corrected chi connectivity index (χ4v) is 2.49. The average Bonchev–Trinajstić information content (AvgIpc) is 2.62. The van der Waals surface area contributed by atoms with Gasteiger partial charge in [0.2, 0.25) is 11.8 Å². The lowest BCUT2D eigenvalue weighted by Gasteiger charge is -2.28. The molecule has 5 nitrogen and oxygen atoms in total. The van der Waals surface area contributed by atoms with Crippen LogP contribution in [0.5, 0.6) is 0 Å². The fraction of sp³-hybridized carbons (Fsp3) is 0.846. The topological polar surface area (TPSA) is 83.6 Å². The second-order valence-corrected chi connectivity index (χ2v) is 5.74. The Bertz CT molecular complexity index is 309. The summed E-state index contributed by atoms with van der Waals surface area (Å²) in [4.78, 5) is 24.6. The minimum absolute atomic E-state index is 0.0624. The Balaban J connectivity index is 2.60. The second kappa shape index (κ2) is 6.18.